The number of hydrogen-bond donors (Lipinski definition) is 1. The number of ether oxygens (including phenoxy) is 2. The van der Waals surface area contributed by atoms with Crippen LogP contribution in [-0.4, -0.2) is 21.5 Å². The first-order chi connectivity index (χ1) is 12.8. The first-order valence-electron chi connectivity index (χ1n) is 8.41. The van der Waals surface area contributed by atoms with Gasteiger partial charge in [0.2, 0.25) is 0 Å². The summed E-state index contributed by atoms with van der Waals surface area (Å²) in [5, 5.41) is 1.05. The number of carbonyl (C=O) groups is 1. The highest BCUT2D eigenvalue weighted by atomic mass is 35.5. The molecule has 3 rings (SSSR count). The zero-order valence-corrected chi connectivity index (χ0v) is 15.9. The Morgan fingerprint density at radius 2 is 1.81 bits per heavy atom. The van der Waals surface area contributed by atoms with E-state index in [9.17, 15) is 9.59 Å². The van der Waals surface area contributed by atoms with Gasteiger partial charge in [0.15, 0.2) is 17.5 Å². The maximum Gasteiger partial charge on any atom is 0.350 e. The molecule has 1 atom stereocenters. The fraction of sp³-hybridized carbons (Fsp3) is 0.250. The molecule has 0 spiro atoms. The van der Waals surface area contributed by atoms with E-state index in [4.69, 9.17) is 21.1 Å². The Hall–Kier alpha value is -2.86. The van der Waals surface area contributed by atoms with E-state index >= 15 is 0 Å². The van der Waals surface area contributed by atoms with Crippen molar-refractivity contribution in [1.29, 1.82) is 0 Å². The molecule has 0 unspecified atom stereocenters. The maximum absolute atomic E-state index is 12.6. The Kier molecular flexibility index (Phi) is 5.19. The second-order valence-electron chi connectivity index (χ2n) is 6.58. The molecule has 0 aliphatic rings. The number of aromatic amines is 1. The average Bonchev–Trinajstić information content (AvgIpc) is 2.63. The molecule has 27 heavy (non-hydrogen) atoms. The maximum atomic E-state index is 12.6. The molecule has 0 bridgehead atoms. The SMILES string of the molecule is C[C@H](OC(=O)C(C)(C)Oc1ccc(Cl)cc1)c1nc2ccccc2c(=O)[nH]1. The quantitative estimate of drug-likeness (QED) is 0.669. The lowest BCUT2D eigenvalue weighted by Gasteiger charge is -2.26. The topological polar surface area (TPSA) is 81.3 Å². The standard InChI is InChI=1S/C20H19ClN2O4/c1-12(17-22-16-7-5-4-6-15(16)18(24)23-17)26-19(25)20(2,3)27-14-10-8-13(21)9-11-14/h4-12H,1-3H3,(H,22,23,24)/t12-/m0/s1. The molecule has 0 fully saturated rings. The van der Waals surface area contributed by atoms with Crippen LogP contribution in [0.15, 0.2) is 53.3 Å². The number of rotatable bonds is 5. The smallest absolute Gasteiger partial charge is 0.350 e. The van der Waals surface area contributed by atoms with Crippen LogP contribution in [0.25, 0.3) is 10.9 Å². The monoisotopic (exact) mass is 386 g/mol. The lowest BCUT2D eigenvalue weighted by Crippen LogP contribution is -2.40. The number of nitrogens with one attached hydrogen (secondary N) is 1. The lowest BCUT2D eigenvalue weighted by atomic mass is 10.1. The third-order valence-corrected chi connectivity index (χ3v) is 4.23. The molecular weight excluding hydrogens is 368 g/mol. The molecule has 7 heteroatoms. The number of hydrogen-bond acceptors (Lipinski definition) is 5. The summed E-state index contributed by atoms with van der Waals surface area (Å²) in [7, 11) is 0. The molecule has 3 aromatic rings. The third kappa shape index (κ3) is 4.28. The van der Waals surface area contributed by atoms with Gasteiger partial charge in [-0.15, -0.1) is 0 Å². The largest absolute Gasteiger partial charge is 0.476 e. The van der Waals surface area contributed by atoms with Crippen molar-refractivity contribution in [2.75, 3.05) is 0 Å². The average molecular weight is 387 g/mol. The molecular formula is C20H19ClN2O4. The fourth-order valence-corrected chi connectivity index (χ4v) is 2.62. The van der Waals surface area contributed by atoms with E-state index in [1.54, 1.807) is 69.3 Å². The van der Waals surface area contributed by atoms with E-state index in [2.05, 4.69) is 9.97 Å². The van der Waals surface area contributed by atoms with E-state index in [0.717, 1.165) is 0 Å². The zero-order chi connectivity index (χ0) is 19.6. The first kappa shape index (κ1) is 18.9. The van der Waals surface area contributed by atoms with Gasteiger partial charge in [-0.1, -0.05) is 23.7 Å². The summed E-state index contributed by atoms with van der Waals surface area (Å²) < 4.78 is 11.2. The van der Waals surface area contributed by atoms with Crippen molar-refractivity contribution >= 4 is 28.5 Å². The highest BCUT2D eigenvalue weighted by molar-refractivity contribution is 6.30. The van der Waals surface area contributed by atoms with E-state index in [1.165, 1.54) is 0 Å². The number of aromatic nitrogens is 2. The van der Waals surface area contributed by atoms with E-state index < -0.39 is 17.7 Å². The van der Waals surface area contributed by atoms with Crippen LogP contribution >= 0.6 is 11.6 Å². The van der Waals surface area contributed by atoms with Crippen molar-refractivity contribution in [2.24, 2.45) is 0 Å². The second kappa shape index (κ2) is 7.40. The van der Waals surface area contributed by atoms with Crippen LogP contribution in [0.3, 0.4) is 0 Å². The minimum absolute atomic E-state index is 0.273. The van der Waals surface area contributed by atoms with Crippen molar-refractivity contribution in [3.63, 3.8) is 0 Å². The number of fused-ring (bicyclic) bond motifs is 1. The van der Waals surface area contributed by atoms with Gasteiger partial charge in [-0.25, -0.2) is 9.78 Å². The van der Waals surface area contributed by atoms with Crippen molar-refractivity contribution in [3.05, 3.63) is 69.7 Å². The molecule has 0 radical (unpaired) electrons. The fourth-order valence-electron chi connectivity index (χ4n) is 2.49. The van der Waals surface area contributed by atoms with Crippen molar-refractivity contribution < 1.29 is 14.3 Å². The van der Waals surface area contributed by atoms with Crippen LogP contribution in [-0.2, 0) is 9.53 Å². The van der Waals surface area contributed by atoms with Crippen molar-refractivity contribution in [3.8, 4) is 5.75 Å². The van der Waals surface area contributed by atoms with Gasteiger partial charge in [-0.2, -0.15) is 0 Å². The molecule has 0 aliphatic heterocycles. The van der Waals surface area contributed by atoms with E-state index in [0.29, 0.717) is 21.7 Å². The van der Waals surface area contributed by atoms with Gasteiger partial charge >= 0.3 is 5.97 Å². The first-order valence-corrected chi connectivity index (χ1v) is 8.79. The Bertz CT molecular complexity index is 1030. The highest BCUT2D eigenvalue weighted by Crippen LogP contribution is 2.24. The molecule has 0 saturated carbocycles. The lowest BCUT2D eigenvalue weighted by molar-refractivity contribution is -0.164. The van der Waals surface area contributed by atoms with Gasteiger partial charge < -0.3 is 14.5 Å². The molecule has 140 valence electrons. The molecule has 2 aromatic carbocycles. The van der Waals surface area contributed by atoms with Gasteiger partial charge in [0, 0.05) is 5.02 Å². The molecule has 0 aliphatic carbocycles. The van der Waals surface area contributed by atoms with Crippen molar-refractivity contribution in [1.82, 2.24) is 9.97 Å². The van der Waals surface area contributed by atoms with Crippen LogP contribution < -0.4 is 10.3 Å². The van der Waals surface area contributed by atoms with Gasteiger partial charge in [0.1, 0.15) is 5.75 Å². The molecule has 0 saturated heterocycles. The van der Waals surface area contributed by atoms with Crippen LogP contribution in [0.5, 0.6) is 5.75 Å². The molecule has 6 nitrogen and oxygen atoms in total. The van der Waals surface area contributed by atoms with Gasteiger partial charge in [0.25, 0.3) is 5.56 Å². The van der Waals surface area contributed by atoms with Crippen LogP contribution in [0.1, 0.15) is 32.7 Å². The predicted octanol–water partition coefficient (Wildman–Crippen LogP) is 4.04. The van der Waals surface area contributed by atoms with Crippen LogP contribution in [0.2, 0.25) is 5.02 Å². The van der Waals surface area contributed by atoms with Crippen LogP contribution in [0, 0.1) is 0 Å². The number of nitrogens with zero attached hydrogens (tertiary/aromatic N) is 1. The highest BCUT2D eigenvalue weighted by Gasteiger charge is 2.33. The van der Waals surface area contributed by atoms with Gasteiger partial charge in [-0.05, 0) is 57.2 Å². The summed E-state index contributed by atoms with van der Waals surface area (Å²) >= 11 is 5.85. The molecule has 1 N–H and O–H groups in total. The second-order valence-corrected chi connectivity index (χ2v) is 7.02. The van der Waals surface area contributed by atoms with Crippen LogP contribution in [0.4, 0.5) is 0 Å². The van der Waals surface area contributed by atoms with E-state index in [-0.39, 0.29) is 11.4 Å². The third-order valence-electron chi connectivity index (χ3n) is 3.98. The summed E-state index contributed by atoms with van der Waals surface area (Å²) in [4.78, 5) is 31.8. The minimum Gasteiger partial charge on any atom is -0.476 e. The zero-order valence-electron chi connectivity index (χ0n) is 15.2. The van der Waals surface area contributed by atoms with Gasteiger partial charge in [-0.3, -0.25) is 4.79 Å². The normalized spacial score (nSPS) is 12.6. The number of carbonyl (C=O) groups excluding carboxylic acids is 1. The van der Waals surface area contributed by atoms with Crippen molar-refractivity contribution in [2.45, 2.75) is 32.5 Å². The Morgan fingerprint density at radius 3 is 2.52 bits per heavy atom. The molecule has 0 amide bonds. The number of para-hydroxylation sites is 1. The molecule has 1 heterocycles. The minimum atomic E-state index is -1.24. The Labute approximate surface area is 161 Å². The predicted molar refractivity (Wildman–Crippen MR) is 103 cm³/mol. The summed E-state index contributed by atoms with van der Waals surface area (Å²) in [5.41, 5.74) is -0.981. The number of halogens is 1. The summed E-state index contributed by atoms with van der Waals surface area (Å²) in [6, 6.07) is 13.7. The number of H-pyrrole nitrogens is 1. The summed E-state index contributed by atoms with van der Waals surface area (Å²) in [6.07, 6.45) is -0.747. The Balaban J connectivity index is 1.76. The van der Waals surface area contributed by atoms with Gasteiger partial charge in [0.05, 0.1) is 10.9 Å². The summed E-state index contributed by atoms with van der Waals surface area (Å²) in [6.45, 7) is 4.85. The Morgan fingerprint density at radius 1 is 1.15 bits per heavy atom. The number of esters is 1. The summed E-state index contributed by atoms with van der Waals surface area (Å²) in [5.74, 6) is 0.182. The number of benzene rings is 2. The van der Waals surface area contributed by atoms with E-state index in [1.807, 2.05) is 0 Å². The molecule has 1 aromatic heterocycles.